The fourth-order valence-electron chi connectivity index (χ4n) is 5.23. The number of para-hydroxylation sites is 1. The van der Waals surface area contributed by atoms with Crippen molar-refractivity contribution in [3.8, 4) is 0 Å². The molecular weight excluding hydrogens is 695 g/mol. The van der Waals surface area contributed by atoms with Crippen molar-refractivity contribution in [1.29, 1.82) is 0 Å². The maximum atomic E-state index is 13.8. The number of carboxylic acid groups (broad SMARTS) is 2. The van der Waals surface area contributed by atoms with Gasteiger partial charge in [0.05, 0.1) is 10.3 Å². The van der Waals surface area contributed by atoms with Crippen molar-refractivity contribution in [2.75, 3.05) is 28.6 Å². The molecule has 1 aromatic carbocycles. The zero-order chi connectivity index (χ0) is 35.5. The molecule has 0 bridgehead atoms. The molecule has 0 unspecified atom stereocenters. The second kappa shape index (κ2) is 14.5. The fourth-order valence-corrected chi connectivity index (χ4v) is 7.25. The smallest absolute Gasteiger partial charge is 0.323 e. The molecule has 1 fully saturated rings. The molecule has 0 atom stereocenters. The molecule has 0 aliphatic carbocycles. The largest absolute Gasteiger partial charge is 0.480 e. The summed E-state index contributed by atoms with van der Waals surface area (Å²) in [4.78, 5) is 59.2. The molecule has 2 aliphatic heterocycles. The summed E-state index contributed by atoms with van der Waals surface area (Å²) in [6.45, 7) is 0.463. The number of rotatable bonds is 11. The van der Waals surface area contributed by atoms with E-state index >= 15 is 0 Å². The first kappa shape index (κ1) is 35.1. The van der Waals surface area contributed by atoms with Gasteiger partial charge in [-0.2, -0.15) is 8.42 Å². The number of fused-ring (bicyclic) bond motifs is 1. The first-order chi connectivity index (χ1) is 23.2. The number of carbonyl (C=O) groups is 3. The first-order valence-electron chi connectivity index (χ1n) is 14.6. The highest BCUT2D eigenvalue weighted by molar-refractivity contribution is 7.85. The number of benzene rings is 1. The summed E-state index contributed by atoms with van der Waals surface area (Å²) in [5.41, 5.74) is 2.05. The molecule has 5 rings (SSSR count). The van der Waals surface area contributed by atoms with Gasteiger partial charge in [0.25, 0.3) is 21.6 Å². The number of carboxylic acids is 2. The number of hydrogen-bond donors (Lipinski definition) is 3. The van der Waals surface area contributed by atoms with Crippen LogP contribution in [0.25, 0.3) is 17.8 Å². The number of carbonyl (C=O) groups excluding carboxylic acids is 1. The summed E-state index contributed by atoms with van der Waals surface area (Å²) in [5.74, 6) is -3.74. The van der Waals surface area contributed by atoms with Gasteiger partial charge in [0.2, 0.25) is 0 Å². The lowest BCUT2D eigenvalue weighted by atomic mass is 10.0. The monoisotopic (exact) mass is 723 g/mol. The van der Waals surface area contributed by atoms with Gasteiger partial charge in [-0.15, -0.1) is 11.3 Å². The molecule has 0 radical (unpaired) electrons. The Morgan fingerprint density at radius 2 is 1.71 bits per heavy atom. The van der Waals surface area contributed by atoms with Crippen LogP contribution in [0.3, 0.4) is 0 Å². The third-order valence-corrected chi connectivity index (χ3v) is 9.63. The number of aliphatic carboxylic acids is 2. The van der Waals surface area contributed by atoms with E-state index in [1.165, 1.54) is 18.3 Å². The van der Waals surface area contributed by atoms with Gasteiger partial charge < -0.3 is 15.1 Å². The van der Waals surface area contributed by atoms with Gasteiger partial charge in [0.1, 0.15) is 29.3 Å². The molecule has 1 amide bonds. The summed E-state index contributed by atoms with van der Waals surface area (Å²) >= 11 is 6.28. The third-order valence-electron chi connectivity index (χ3n) is 7.31. The fraction of sp³-hybridized carbons (Fsp3) is 0.188. The number of thiocarbonyl (C=S) groups is 1. The van der Waals surface area contributed by atoms with E-state index in [1.807, 2.05) is 41.3 Å². The van der Waals surface area contributed by atoms with Gasteiger partial charge in [0.15, 0.2) is 5.11 Å². The van der Waals surface area contributed by atoms with Crippen LogP contribution in [0.1, 0.15) is 18.9 Å². The summed E-state index contributed by atoms with van der Waals surface area (Å²) in [7, 11) is -4.15. The minimum absolute atomic E-state index is 0.0794. The number of pyridine rings is 1. The van der Waals surface area contributed by atoms with Crippen LogP contribution in [0.15, 0.2) is 83.0 Å². The quantitative estimate of drug-likeness (QED) is 0.191. The number of thiazole rings is 1. The zero-order valence-electron chi connectivity index (χ0n) is 25.8. The van der Waals surface area contributed by atoms with Crippen molar-refractivity contribution in [2.45, 2.75) is 19.9 Å². The minimum Gasteiger partial charge on any atom is -0.480 e. The predicted octanol–water partition coefficient (Wildman–Crippen LogP) is 1.64. The maximum absolute atomic E-state index is 13.8. The molecule has 0 spiro atoms. The summed E-state index contributed by atoms with van der Waals surface area (Å²) in [5, 5.41) is 19.1. The van der Waals surface area contributed by atoms with Crippen LogP contribution in [-0.2, 0) is 31.0 Å². The van der Waals surface area contributed by atoms with Gasteiger partial charge in [-0.1, -0.05) is 36.4 Å². The minimum atomic E-state index is -4.15. The number of aromatic nitrogens is 2. The summed E-state index contributed by atoms with van der Waals surface area (Å²) < 4.78 is 32.8. The molecule has 3 aromatic rings. The van der Waals surface area contributed by atoms with Crippen molar-refractivity contribution in [3.05, 3.63) is 103 Å². The number of nitrogens with zero attached hydrogens (tertiary/aromatic N) is 5. The Labute approximate surface area is 288 Å². The molecule has 49 heavy (non-hydrogen) atoms. The SMILES string of the molecule is CC(=CC=C1C=Cc2ccccc2N1CCCS(=O)(=O)O)C=c1sc(=C2C(=O)N(c3ccccn3)C(=S)N2CC(=O)O)n(CC(=O)O)c1=O. The number of anilines is 2. The van der Waals surface area contributed by atoms with Gasteiger partial charge >= 0.3 is 11.9 Å². The topological polar surface area (TPSA) is 191 Å². The lowest BCUT2D eigenvalue weighted by molar-refractivity contribution is -0.138. The van der Waals surface area contributed by atoms with Gasteiger partial charge in [-0.05, 0) is 73.1 Å². The molecule has 17 heteroatoms. The van der Waals surface area contributed by atoms with Crippen LogP contribution in [-0.4, -0.2) is 79.4 Å². The van der Waals surface area contributed by atoms with E-state index in [1.54, 1.807) is 31.2 Å². The first-order valence-corrected chi connectivity index (χ1v) is 17.4. The molecule has 14 nitrogen and oxygen atoms in total. The van der Waals surface area contributed by atoms with E-state index in [0.29, 0.717) is 11.3 Å². The molecule has 1 saturated heterocycles. The zero-order valence-corrected chi connectivity index (χ0v) is 28.2. The van der Waals surface area contributed by atoms with Crippen LogP contribution in [0, 0.1) is 0 Å². The van der Waals surface area contributed by atoms with E-state index in [-0.39, 0.29) is 38.8 Å². The second-order valence-electron chi connectivity index (χ2n) is 10.8. The Morgan fingerprint density at radius 3 is 2.39 bits per heavy atom. The summed E-state index contributed by atoms with van der Waals surface area (Å²) in [6, 6.07) is 12.3. The lowest BCUT2D eigenvalue weighted by Crippen LogP contribution is -2.38. The Hall–Kier alpha value is -5.23. The Bertz CT molecular complexity index is 2240. The van der Waals surface area contributed by atoms with Gasteiger partial charge in [0, 0.05) is 24.1 Å². The highest BCUT2D eigenvalue weighted by Gasteiger charge is 2.42. The van der Waals surface area contributed by atoms with Crippen molar-refractivity contribution >= 4 is 86.0 Å². The van der Waals surface area contributed by atoms with Gasteiger partial charge in [-0.25, -0.2) is 9.88 Å². The van der Waals surface area contributed by atoms with E-state index in [4.69, 9.17) is 12.2 Å². The Kier molecular flexibility index (Phi) is 10.4. The molecule has 2 aliphatic rings. The normalized spacial score (nSPS) is 17.3. The van der Waals surface area contributed by atoms with Crippen molar-refractivity contribution in [3.63, 3.8) is 0 Å². The van der Waals surface area contributed by atoms with Crippen molar-refractivity contribution in [2.24, 2.45) is 0 Å². The highest BCUT2D eigenvalue weighted by atomic mass is 32.2. The average molecular weight is 724 g/mol. The van der Waals surface area contributed by atoms with Crippen LogP contribution < -0.4 is 24.6 Å². The standard InChI is InChI=1S/C32H29N5O9S3/c1-20(10-12-22-13-11-21-7-2-3-8-23(21)34(22)15-6-16-49(44,45)46)17-24-29(42)36(19-27(40)41)31(48-24)28-30(43)37(25-9-4-5-14-33-25)32(47)35(28)18-26(38)39/h2-5,7-14,17H,6,15-16,18-19H2,1H3,(H,38,39)(H,40,41)(H,44,45,46). The number of hydrogen-bond acceptors (Lipinski definition) is 10. The van der Waals surface area contributed by atoms with Crippen LogP contribution in [0.4, 0.5) is 11.5 Å². The highest BCUT2D eigenvalue weighted by Crippen LogP contribution is 2.31. The molecule has 2 aromatic heterocycles. The Morgan fingerprint density at radius 1 is 1.00 bits per heavy atom. The van der Waals surface area contributed by atoms with Crippen LogP contribution >= 0.6 is 23.6 Å². The van der Waals surface area contributed by atoms with Crippen LogP contribution in [0.5, 0.6) is 0 Å². The summed E-state index contributed by atoms with van der Waals surface area (Å²) in [6.07, 6.45) is 10.3. The van der Waals surface area contributed by atoms with E-state index in [2.05, 4.69) is 4.98 Å². The van der Waals surface area contributed by atoms with E-state index < -0.39 is 52.4 Å². The second-order valence-corrected chi connectivity index (χ2v) is 13.8. The molecule has 254 valence electrons. The van der Waals surface area contributed by atoms with Crippen LogP contribution in [0.2, 0.25) is 0 Å². The van der Waals surface area contributed by atoms with Crippen molar-refractivity contribution in [1.82, 2.24) is 14.5 Å². The predicted molar refractivity (Wildman–Crippen MR) is 188 cm³/mol. The number of allylic oxidation sites excluding steroid dienone is 4. The molecule has 0 saturated carbocycles. The van der Waals surface area contributed by atoms with E-state index in [9.17, 15) is 42.4 Å². The van der Waals surface area contributed by atoms with Crippen molar-refractivity contribution < 1.29 is 37.6 Å². The average Bonchev–Trinajstić information content (AvgIpc) is 3.45. The third kappa shape index (κ3) is 7.92. The maximum Gasteiger partial charge on any atom is 0.323 e. The van der Waals surface area contributed by atoms with E-state index in [0.717, 1.165) is 37.0 Å². The molecular formula is C32H29N5O9S3. The molecule has 3 N–H and O–H groups in total. The lowest BCUT2D eigenvalue weighted by Gasteiger charge is -2.30. The molecule has 4 heterocycles. The Balaban J connectivity index is 1.60. The number of amides is 1. The van der Waals surface area contributed by atoms with Gasteiger partial charge in [-0.3, -0.25) is 33.2 Å².